The molecule has 1 fully saturated rings. The minimum Gasteiger partial charge on any atom is -0.381 e. The van der Waals surface area contributed by atoms with Gasteiger partial charge in [-0.1, -0.05) is 6.07 Å². The molecule has 0 bridgehead atoms. The zero-order valence-corrected chi connectivity index (χ0v) is 10.2. The van der Waals surface area contributed by atoms with Crippen molar-refractivity contribution in [3.05, 3.63) is 29.6 Å². The Bertz CT molecular complexity index is 378. The number of hydrogen-bond donors (Lipinski definition) is 1. The van der Waals surface area contributed by atoms with Gasteiger partial charge in [0.15, 0.2) is 0 Å². The number of ether oxygens (including phenoxy) is 1. The Balaban J connectivity index is 2.12. The van der Waals surface area contributed by atoms with Gasteiger partial charge in [0.25, 0.3) is 0 Å². The molecule has 0 atom stereocenters. The fourth-order valence-electron chi connectivity index (χ4n) is 2.20. The Kier molecular flexibility index (Phi) is 3.97. The second kappa shape index (κ2) is 5.47. The van der Waals surface area contributed by atoms with Crippen LogP contribution in [0.25, 0.3) is 0 Å². The molecule has 0 aromatic heterocycles. The largest absolute Gasteiger partial charge is 0.381 e. The van der Waals surface area contributed by atoms with Gasteiger partial charge in [-0.2, -0.15) is 0 Å². The average molecular weight is 238 g/mol. The highest BCUT2D eigenvalue weighted by Crippen LogP contribution is 2.23. The normalized spacial score (nSPS) is 17.1. The molecule has 2 N–H and O–H groups in total. The minimum atomic E-state index is -0.219. The molecule has 0 spiro atoms. The Morgan fingerprint density at radius 1 is 1.41 bits per heavy atom. The second-order valence-electron chi connectivity index (χ2n) is 4.43. The summed E-state index contributed by atoms with van der Waals surface area (Å²) in [6, 6.07) is 5.70. The smallest absolute Gasteiger partial charge is 0.129 e. The highest BCUT2D eigenvalue weighted by atomic mass is 19.1. The van der Waals surface area contributed by atoms with Crippen molar-refractivity contribution in [1.82, 2.24) is 0 Å². The first-order chi connectivity index (χ1) is 8.22. The molecule has 0 saturated carbocycles. The number of nitrogens with two attached hydrogens (primary N) is 1. The summed E-state index contributed by atoms with van der Waals surface area (Å²) in [5, 5.41) is 0. The van der Waals surface area contributed by atoms with Gasteiger partial charge in [-0.25, -0.2) is 4.39 Å². The minimum absolute atomic E-state index is 0.219. The highest BCUT2D eigenvalue weighted by molar-refractivity contribution is 5.48. The quantitative estimate of drug-likeness (QED) is 0.874. The van der Waals surface area contributed by atoms with Crippen LogP contribution in [0, 0.1) is 5.82 Å². The van der Waals surface area contributed by atoms with E-state index in [0.717, 1.165) is 31.7 Å². The Morgan fingerprint density at radius 3 is 2.71 bits per heavy atom. The van der Waals surface area contributed by atoms with E-state index in [1.165, 1.54) is 0 Å². The van der Waals surface area contributed by atoms with Crippen LogP contribution in [0.1, 0.15) is 18.4 Å². The van der Waals surface area contributed by atoms with Crippen LogP contribution in [0.3, 0.4) is 0 Å². The number of halogens is 1. The maximum atomic E-state index is 13.6. The average Bonchev–Trinajstić information content (AvgIpc) is 2.39. The van der Waals surface area contributed by atoms with Gasteiger partial charge in [-0.3, -0.25) is 0 Å². The van der Waals surface area contributed by atoms with E-state index in [4.69, 9.17) is 10.5 Å². The monoisotopic (exact) mass is 238 g/mol. The number of rotatable bonds is 3. The fraction of sp³-hybridized carbons (Fsp3) is 0.538. The molecule has 1 heterocycles. The SMILES string of the molecule is CN(c1ccc(CN)c(F)c1)C1CCOCC1. The van der Waals surface area contributed by atoms with Crippen LogP contribution in [0.15, 0.2) is 18.2 Å². The van der Waals surface area contributed by atoms with Crippen LogP contribution in [-0.2, 0) is 11.3 Å². The molecule has 2 rings (SSSR count). The third-order valence-corrected chi connectivity index (χ3v) is 3.40. The summed E-state index contributed by atoms with van der Waals surface area (Å²) in [6.45, 7) is 1.82. The van der Waals surface area contributed by atoms with E-state index in [1.807, 2.05) is 13.1 Å². The fourth-order valence-corrected chi connectivity index (χ4v) is 2.20. The number of nitrogens with zero attached hydrogens (tertiary/aromatic N) is 1. The molecular weight excluding hydrogens is 219 g/mol. The third kappa shape index (κ3) is 2.76. The number of hydrogen-bond acceptors (Lipinski definition) is 3. The molecule has 0 aliphatic carbocycles. The van der Waals surface area contributed by atoms with Gasteiger partial charge in [0.1, 0.15) is 5.82 Å². The van der Waals surface area contributed by atoms with E-state index in [-0.39, 0.29) is 12.4 Å². The summed E-state index contributed by atoms with van der Waals surface area (Å²) in [7, 11) is 2.01. The van der Waals surface area contributed by atoms with Crippen LogP contribution in [0.5, 0.6) is 0 Å². The summed E-state index contributed by atoms with van der Waals surface area (Å²) in [6.07, 6.45) is 1.99. The van der Waals surface area contributed by atoms with Crippen molar-refractivity contribution >= 4 is 5.69 Å². The lowest BCUT2D eigenvalue weighted by molar-refractivity contribution is 0.0855. The maximum absolute atomic E-state index is 13.6. The summed E-state index contributed by atoms with van der Waals surface area (Å²) < 4.78 is 19.0. The molecule has 0 amide bonds. The zero-order valence-electron chi connectivity index (χ0n) is 10.2. The zero-order chi connectivity index (χ0) is 12.3. The van der Waals surface area contributed by atoms with Crippen LogP contribution in [0.2, 0.25) is 0 Å². The van der Waals surface area contributed by atoms with Gasteiger partial charge in [0.05, 0.1) is 0 Å². The maximum Gasteiger partial charge on any atom is 0.129 e. The Labute approximate surface area is 101 Å². The highest BCUT2D eigenvalue weighted by Gasteiger charge is 2.19. The molecular formula is C13H19FN2O. The van der Waals surface area contributed by atoms with Crippen molar-refractivity contribution in [3.8, 4) is 0 Å². The van der Waals surface area contributed by atoms with Crippen LogP contribution < -0.4 is 10.6 Å². The van der Waals surface area contributed by atoms with E-state index in [0.29, 0.717) is 11.6 Å². The van der Waals surface area contributed by atoms with Crippen LogP contribution in [0.4, 0.5) is 10.1 Å². The predicted molar refractivity (Wildman–Crippen MR) is 66.5 cm³/mol. The molecule has 1 aliphatic heterocycles. The van der Waals surface area contributed by atoms with E-state index >= 15 is 0 Å². The Morgan fingerprint density at radius 2 is 2.12 bits per heavy atom. The lowest BCUT2D eigenvalue weighted by Crippen LogP contribution is -2.36. The molecule has 17 heavy (non-hydrogen) atoms. The van der Waals surface area contributed by atoms with Crippen molar-refractivity contribution in [3.63, 3.8) is 0 Å². The molecule has 94 valence electrons. The molecule has 3 nitrogen and oxygen atoms in total. The van der Waals surface area contributed by atoms with Gasteiger partial charge >= 0.3 is 0 Å². The van der Waals surface area contributed by atoms with Crippen LogP contribution >= 0.6 is 0 Å². The van der Waals surface area contributed by atoms with Gasteiger partial charge in [-0.05, 0) is 25.0 Å². The van der Waals surface area contributed by atoms with Gasteiger partial charge in [-0.15, -0.1) is 0 Å². The van der Waals surface area contributed by atoms with Gasteiger partial charge in [0, 0.05) is 44.1 Å². The summed E-state index contributed by atoms with van der Waals surface area (Å²) in [5.41, 5.74) is 6.92. The number of benzene rings is 1. The number of anilines is 1. The van der Waals surface area contributed by atoms with Crippen molar-refractivity contribution < 1.29 is 9.13 Å². The van der Waals surface area contributed by atoms with Crippen molar-refractivity contribution in [2.75, 3.05) is 25.2 Å². The third-order valence-electron chi connectivity index (χ3n) is 3.40. The summed E-state index contributed by atoms with van der Waals surface area (Å²) in [4.78, 5) is 2.13. The van der Waals surface area contributed by atoms with Gasteiger partial charge in [0.2, 0.25) is 0 Å². The summed E-state index contributed by atoms with van der Waals surface area (Å²) >= 11 is 0. The van der Waals surface area contributed by atoms with Crippen LogP contribution in [-0.4, -0.2) is 26.3 Å². The predicted octanol–water partition coefficient (Wildman–Crippen LogP) is 1.90. The summed E-state index contributed by atoms with van der Waals surface area (Å²) in [5.74, 6) is -0.219. The second-order valence-corrected chi connectivity index (χ2v) is 4.43. The first-order valence-electron chi connectivity index (χ1n) is 6.01. The van der Waals surface area contributed by atoms with Crippen molar-refractivity contribution in [1.29, 1.82) is 0 Å². The van der Waals surface area contributed by atoms with E-state index < -0.39 is 0 Å². The molecule has 0 radical (unpaired) electrons. The van der Waals surface area contributed by atoms with Crippen molar-refractivity contribution in [2.24, 2.45) is 5.73 Å². The van der Waals surface area contributed by atoms with E-state index in [2.05, 4.69) is 4.90 Å². The molecule has 1 aromatic carbocycles. The van der Waals surface area contributed by atoms with E-state index in [1.54, 1.807) is 12.1 Å². The first kappa shape index (κ1) is 12.3. The van der Waals surface area contributed by atoms with Gasteiger partial charge < -0.3 is 15.4 Å². The molecule has 4 heteroatoms. The van der Waals surface area contributed by atoms with E-state index in [9.17, 15) is 4.39 Å². The topological polar surface area (TPSA) is 38.5 Å². The lowest BCUT2D eigenvalue weighted by atomic mass is 10.1. The van der Waals surface area contributed by atoms with Crippen molar-refractivity contribution in [2.45, 2.75) is 25.4 Å². The molecule has 1 aliphatic rings. The Hall–Kier alpha value is -1.13. The standard InChI is InChI=1S/C13H19FN2O/c1-16(11-4-6-17-7-5-11)12-3-2-10(9-15)13(14)8-12/h2-3,8,11H,4-7,9,15H2,1H3. The molecule has 1 saturated heterocycles. The molecule has 1 aromatic rings. The lowest BCUT2D eigenvalue weighted by Gasteiger charge is -2.33. The first-order valence-corrected chi connectivity index (χ1v) is 6.01. The molecule has 0 unspecified atom stereocenters.